The van der Waals surface area contributed by atoms with Crippen LogP contribution in [0, 0.1) is 0 Å². The summed E-state index contributed by atoms with van der Waals surface area (Å²) in [5.41, 5.74) is 5.23. The summed E-state index contributed by atoms with van der Waals surface area (Å²) in [5, 5.41) is 1.89. The van der Waals surface area contributed by atoms with E-state index >= 15 is 0 Å². The van der Waals surface area contributed by atoms with Gasteiger partial charge in [0.15, 0.2) is 0 Å². The molecule has 1 aliphatic rings. The van der Waals surface area contributed by atoms with Crippen LogP contribution in [0.4, 0.5) is 13.2 Å². The van der Waals surface area contributed by atoms with Crippen molar-refractivity contribution >= 4 is 5.91 Å². The van der Waals surface area contributed by atoms with Crippen LogP contribution in [0.2, 0.25) is 0 Å². The van der Waals surface area contributed by atoms with Crippen molar-refractivity contribution in [3.63, 3.8) is 0 Å². The van der Waals surface area contributed by atoms with E-state index in [0.717, 1.165) is 17.5 Å². The number of nitrogens with one attached hydrogen (secondary N) is 1. The fourth-order valence-electron chi connectivity index (χ4n) is 2.59. The van der Waals surface area contributed by atoms with E-state index in [2.05, 4.69) is 0 Å². The lowest BCUT2D eigenvalue weighted by Gasteiger charge is -2.09. The highest BCUT2D eigenvalue weighted by molar-refractivity contribution is 5.81. The van der Waals surface area contributed by atoms with Crippen LogP contribution >= 0.6 is 0 Å². The Balaban J connectivity index is 1.77. The molecule has 2 aromatic rings. The Morgan fingerprint density at radius 1 is 1.05 bits per heavy atom. The number of benzene rings is 2. The Kier molecular flexibility index (Phi) is 3.20. The average molecular weight is 291 g/mol. The van der Waals surface area contributed by atoms with Crippen molar-refractivity contribution in [2.45, 2.75) is 19.1 Å². The minimum Gasteiger partial charge on any atom is -0.344 e. The quantitative estimate of drug-likeness (QED) is 0.770. The number of halogens is 3. The summed E-state index contributed by atoms with van der Waals surface area (Å²) in [5.74, 6) is -1.91. The molecule has 0 aromatic heterocycles. The minimum absolute atomic E-state index is 0.123. The molecule has 21 heavy (non-hydrogen) atoms. The molecule has 0 radical (unpaired) electrons. The molecule has 0 saturated carbocycles. The van der Waals surface area contributed by atoms with Gasteiger partial charge in [-0.2, -0.15) is 13.2 Å². The third-order valence-electron chi connectivity index (χ3n) is 3.57. The van der Waals surface area contributed by atoms with Crippen LogP contribution in [0.3, 0.4) is 0 Å². The first kappa shape index (κ1) is 13.7. The largest absolute Gasteiger partial charge is 0.471 e. The van der Waals surface area contributed by atoms with E-state index < -0.39 is 12.1 Å². The zero-order valence-corrected chi connectivity index (χ0v) is 11.0. The van der Waals surface area contributed by atoms with Crippen molar-refractivity contribution in [3.05, 3.63) is 59.2 Å². The molecule has 0 aliphatic heterocycles. The van der Waals surface area contributed by atoms with Crippen molar-refractivity contribution in [1.29, 1.82) is 0 Å². The Morgan fingerprint density at radius 3 is 2.52 bits per heavy atom. The summed E-state index contributed by atoms with van der Waals surface area (Å²) in [6, 6.07) is 13.5. The average Bonchev–Trinajstić information content (AvgIpc) is 2.81. The number of carbonyl (C=O) groups is 1. The third-order valence-corrected chi connectivity index (χ3v) is 3.57. The highest BCUT2D eigenvalue weighted by atomic mass is 19.4. The minimum atomic E-state index is -4.84. The van der Waals surface area contributed by atoms with E-state index in [1.807, 2.05) is 41.7 Å². The molecule has 0 saturated heterocycles. The highest BCUT2D eigenvalue weighted by Crippen LogP contribution is 2.36. The first-order chi connectivity index (χ1) is 9.95. The van der Waals surface area contributed by atoms with Gasteiger partial charge in [0.2, 0.25) is 0 Å². The summed E-state index contributed by atoms with van der Waals surface area (Å²) < 4.78 is 36.4. The maximum absolute atomic E-state index is 12.1. The number of rotatable bonds is 2. The maximum atomic E-state index is 12.1. The fourth-order valence-corrected chi connectivity index (χ4v) is 2.59. The molecule has 2 nitrogen and oxygen atoms in total. The number of amides is 1. The second kappa shape index (κ2) is 4.91. The van der Waals surface area contributed by atoms with Gasteiger partial charge in [0.05, 0.1) is 0 Å². The second-order valence-electron chi connectivity index (χ2n) is 5.01. The zero-order chi connectivity index (χ0) is 15.0. The van der Waals surface area contributed by atoms with Gasteiger partial charge in [-0.25, -0.2) is 0 Å². The van der Waals surface area contributed by atoms with Gasteiger partial charge in [0.25, 0.3) is 0 Å². The van der Waals surface area contributed by atoms with Gasteiger partial charge in [-0.3, -0.25) is 4.79 Å². The molecule has 0 spiro atoms. The van der Waals surface area contributed by atoms with E-state index in [-0.39, 0.29) is 6.54 Å². The monoisotopic (exact) mass is 291 g/mol. The molecule has 0 atom stereocenters. The summed E-state index contributed by atoms with van der Waals surface area (Å²) in [7, 11) is 0. The molecule has 0 fully saturated rings. The first-order valence-corrected chi connectivity index (χ1v) is 6.50. The van der Waals surface area contributed by atoms with Crippen LogP contribution in [-0.4, -0.2) is 12.1 Å². The number of carbonyl (C=O) groups excluding carboxylic acids is 1. The highest BCUT2D eigenvalue weighted by Gasteiger charge is 2.38. The molecule has 5 heteroatoms. The second-order valence-corrected chi connectivity index (χ2v) is 5.01. The number of hydrogen-bond acceptors (Lipinski definition) is 1. The molecule has 3 rings (SSSR count). The zero-order valence-electron chi connectivity index (χ0n) is 11.0. The normalized spacial score (nSPS) is 12.7. The van der Waals surface area contributed by atoms with Crippen LogP contribution in [-0.2, 0) is 17.8 Å². The lowest BCUT2D eigenvalue weighted by atomic mass is 10.0. The SMILES string of the molecule is O=C(NCc1ccc2c(c1)Cc1ccccc1-2)C(F)(F)F. The molecule has 0 heterocycles. The van der Waals surface area contributed by atoms with E-state index in [1.165, 1.54) is 11.1 Å². The molecule has 1 N–H and O–H groups in total. The van der Waals surface area contributed by atoms with E-state index in [9.17, 15) is 18.0 Å². The Labute approximate surface area is 119 Å². The fraction of sp³-hybridized carbons (Fsp3) is 0.188. The summed E-state index contributed by atoms with van der Waals surface area (Å²) in [6.07, 6.45) is -4.07. The van der Waals surface area contributed by atoms with Gasteiger partial charge in [0, 0.05) is 6.54 Å². The van der Waals surface area contributed by atoms with Crippen LogP contribution in [0.25, 0.3) is 11.1 Å². The molecule has 1 aliphatic carbocycles. The van der Waals surface area contributed by atoms with Crippen molar-refractivity contribution in [2.75, 3.05) is 0 Å². The van der Waals surface area contributed by atoms with Crippen LogP contribution < -0.4 is 5.32 Å². The number of alkyl halides is 3. The number of fused-ring (bicyclic) bond motifs is 3. The first-order valence-electron chi connectivity index (χ1n) is 6.50. The van der Waals surface area contributed by atoms with E-state index in [0.29, 0.717) is 5.56 Å². The van der Waals surface area contributed by atoms with Crippen molar-refractivity contribution < 1.29 is 18.0 Å². The maximum Gasteiger partial charge on any atom is 0.471 e. The van der Waals surface area contributed by atoms with Crippen molar-refractivity contribution in [1.82, 2.24) is 5.32 Å². The smallest absolute Gasteiger partial charge is 0.344 e. The Bertz CT molecular complexity index is 707. The lowest BCUT2D eigenvalue weighted by Crippen LogP contribution is -2.36. The molecule has 0 bridgehead atoms. The van der Waals surface area contributed by atoms with E-state index in [1.54, 1.807) is 6.07 Å². The predicted octanol–water partition coefficient (Wildman–Crippen LogP) is 3.44. The number of hydrogen-bond donors (Lipinski definition) is 1. The standard InChI is InChI=1S/C16H12F3NO/c17-16(18,19)15(21)20-9-10-5-6-14-12(7-10)8-11-3-1-2-4-13(11)14/h1-7H,8-9H2,(H,20,21). The summed E-state index contributed by atoms with van der Waals surface area (Å²) in [4.78, 5) is 10.8. The lowest BCUT2D eigenvalue weighted by molar-refractivity contribution is -0.173. The van der Waals surface area contributed by atoms with Gasteiger partial charge in [-0.05, 0) is 34.2 Å². The van der Waals surface area contributed by atoms with Crippen molar-refractivity contribution in [3.8, 4) is 11.1 Å². The Morgan fingerprint density at radius 2 is 1.76 bits per heavy atom. The molecule has 2 aromatic carbocycles. The van der Waals surface area contributed by atoms with Gasteiger partial charge in [-0.15, -0.1) is 0 Å². The van der Waals surface area contributed by atoms with Gasteiger partial charge < -0.3 is 5.32 Å². The molecule has 108 valence electrons. The topological polar surface area (TPSA) is 29.1 Å². The molecule has 0 unspecified atom stereocenters. The molecular formula is C16H12F3NO. The predicted molar refractivity (Wildman–Crippen MR) is 72.6 cm³/mol. The van der Waals surface area contributed by atoms with Gasteiger partial charge in [0.1, 0.15) is 0 Å². The van der Waals surface area contributed by atoms with Crippen LogP contribution in [0.5, 0.6) is 0 Å². The van der Waals surface area contributed by atoms with Gasteiger partial charge >= 0.3 is 12.1 Å². The summed E-state index contributed by atoms with van der Waals surface area (Å²) in [6.45, 7) is -0.123. The Hall–Kier alpha value is -2.30. The summed E-state index contributed by atoms with van der Waals surface area (Å²) >= 11 is 0. The molecular weight excluding hydrogens is 279 g/mol. The van der Waals surface area contributed by atoms with Crippen LogP contribution in [0.15, 0.2) is 42.5 Å². The third kappa shape index (κ3) is 2.63. The van der Waals surface area contributed by atoms with Gasteiger partial charge in [-0.1, -0.05) is 42.5 Å². The molecule has 1 amide bonds. The van der Waals surface area contributed by atoms with Crippen molar-refractivity contribution in [2.24, 2.45) is 0 Å². The van der Waals surface area contributed by atoms with Crippen LogP contribution in [0.1, 0.15) is 16.7 Å². The van der Waals surface area contributed by atoms with E-state index in [4.69, 9.17) is 0 Å².